The lowest BCUT2D eigenvalue weighted by atomic mass is 10.1. The molecule has 1 heterocycles. The van der Waals surface area contributed by atoms with E-state index in [0.29, 0.717) is 21.2 Å². The molecule has 1 aromatic heterocycles. The van der Waals surface area contributed by atoms with Crippen molar-refractivity contribution in [2.24, 2.45) is 0 Å². The van der Waals surface area contributed by atoms with Crippen LogP contribution in [0.3, 0.4) is 0 Å². The molecule has 0 spiro atoms. The van der Waals surface area contributed by atoms with Gasteiger partial charge in [0.25, 0.3) is 0 Å². The van der Waals surface area contributed by atoms with Gasteiger partial charge in [0.15, 0.2) is 0 Å². The highest BCUT2D eigenvalue weighted by atomic mass is 28.2. The van der Waals surface area contributed by atoms with E-state index in [-0.39, 0.29) is 13.1 Å². The maximum Gasteiger partial charge on any atom is 0.336 e. The summed E-state index contributed by atoms with van der Waals surface area (Å²) in [5.74, 6) is 0. The molecule has 156 valence electrons. The van der Waals surface area contributed by atoms with Crippen molar-refractivity contribution in [3.63, 3.8) is 0 Å². The Labute approximate surface area is 170 Å². The standard InChI is InChI=1S/C21H35N3O3Si/c1-5-9-11-13-18(14-12-10-6-2)28-17-24-20(26)22(15-7-3)19(25)23(16-8-4)21(24)27/h7-8,18H,3-6,9-17H2,1-2H3. The first-order valence-electron chi connectivity index (χ1n) is 10.4. The zero-order valence-corrected chi connectivity index (χ0v) is 18.5. The molecule has 0 aliphatic heterocycles. The van der Waals surface area contributed by atoms with Crippen molar-refractivity contribution in [1.29, 1.82) is 0 Å². The maximum absolute atomic E-state index is 12.7. The number of hydrogen-bond donors (Lipinski definition) is 0. The van der Waals surface area contributed by atoms with Crippen molar-refractivity contribution in [1.82, 2.24) is 13.7 Å². The van der Waals surface area contributed by atoms with Crippen LogP contribution in [0.4, 0.5) is 0 Å². The third-order valence-electron chi connectivity index (χ3n) is 4.86. The van der Waals surface area contributed by atoms with Crippen LogP contribution in [-0.2, 0) is 19.3 Å². The molecule has 28 heavy (non-hydrogen) atoms. The van der Waals surface area contributed by atoms with E-state index in [9.17, 15) is 14.4 Å². The van der Waals surface area contributed by atoms with Gasteiger partial charge in [0.2, 0.25) is 0 Å². The Morgan fingerprint density at radius 1 is 0.786 bits per heavy atom. The molecule has 2 radical (unpaired) electrons. The van der Waals surface area contributed by atoms with Crippen LogP contribution < -0.4 is 17.1 Å². The van der Waals surface area contributed by atoms with Crippen LogP contribution >= 0.6 is 0 Å². The number of hydrogen-bond acceptors (Lipinski definition) is 3. The van der Waals surface area contributed by atoms with Crippen LogP contribution in [0.2, 0.25) is 5.54 Å². The predicted octanol–water partition coefficient (Wildman–Crippen LogP) is 3.15. The van der Waals surface area contributed by atoms with E-state index in [1.165, 1.54) is 55.2 Å². The summed E-state index contributed by atoms with van der Waals surface area (Å²) in [6.07, 6.45) is 12.8. The summed E-state index contributed by atoms with van der Waals surface area (Å²) in [5.41, 5.74) is -1.15. The predicted molar refractivity (Wildman–Crippen MR) is 117 cm³/mol. The summed E-state index contributed by atoms with van der Waals surface area (Å²) in [6.45, 7) is 11.8. The van der Waals surface area contributed by atoms with Gasteiger partial charge in [0.1, 0.15) is 0 Å². The van der Waals surface area contributed by atoms with Crippen molar-refractivity contribution >= 4 is 9.52 Å². The highest BCUT2D eigenvalue weighted by molar-refractivity contribution is 6.36. The Hall–Kier alpha value is -1.89. The van der Waals surface area contributed by atoms with Crippen molar-refractivity contribution in [2.75, 3.05) is 0 Å². The topological polar surface area (TPSA) is 66.0 Å². The first-order valence-corrected chi connectivity index (χ1v) is 11.7. The molecule has 0 aliphatic carbocycles. The number of aromatic nitrogens is 3. The Morgan fingerprint density at radius 3 is 1.61 bits per heavy atom. The molecule has 0 aliphatic rings. The second-order valence-corrected chi connectivity index (χ2v) is 8.67. The molecule has 1 aromatic rings. The SMILES string of the molecule is C=CCn1c(=O)n(CC=C)c(=O)n(C[Si]C(CCCCC)CCCCC)c1=O. The fourth-order valence-corrected chi connectivity index (χ4v) is 4.77. The fraction of sp³-hybridized carbons (Fsp3) is 0.667. The Morgan fingerprint density at radius 2 is 1.21 bits per heavy atom. The van der Waals surface area contributed by atoms with E-state index in [4.69, 9.17) is 0 Å². The van der Waals surface area contributed by atoms with Crippen LogP contribution in [-0.4, -0.2) is 23.2 Å². The highest BCUT2D eigenvalue weighted by Crippen LogP contribution is 2.22. The zero-order valence-electron chi connectivity index (χ0n) is 17.5. The van der Waals surface area contributed by atoms with Gasteiger partial charge in [-0.2, -0.15) is 0 Å². The van der Waals surface area contributed by atoms with E-state index >= 15 is 0 Å². The molecular weight excluding hydrogens is 370 g/mol. The summed E-state index contributed by atoms with van der Waals surface area (Å²) in [4.78, 5) is 37.9. The summed E-state index contributed by atoms with van der Waals surface area (Å²) < 4.78 is 3.37. The number of rotatable bonds is 15. The van der Waals surface area contributed by atoms with Gasteiger partial charge in [0, 0.05) is 6.17 Å². The minimum absolute atomic E-state index is 0.0919. The van der Waals surface area contributed by atoms with Gasteiger partial charge in [-0.3, -0.25) is 0 Å². The summed E-state index contributed by atoms with van der Waals surface area (Å²) in [6, 6.07) is 0. The normalized spacial score (nSPS) is 11.1. The quantitative estimate of drug-likeness (QED) is 0.256. The monoisotopic (exact) mass is 405 g/mol. The van der Waals surface area contributed by atoms with E-state index in [1.807, 2.05) is 0 Å². The minimum atomic E-state index is -0.600. The first-order chi connectivity index (χ1) is 13.5. The van der Waals surface area contributed by atoms with Gasteiger partial charge >= 0.3 is 17.1 Å². The molecule has 0 fully saturated rings. The van der Waals surface area contributed by atoms with Crippen molar-refractivity contribution in [3.8, 4) is 0 Å². The van der Waals surface area contributed by atoms with Crippen LogP contribution in [0, 0.1) is 0 Å². The second kappa shape index (κ2) is 13.3. The van der Waals surface area contributed by atoms with Crippen LogP contribution in [0.25, 0.3) is 0 Å². The van der Waals surface area contributed by atoms with Crippen molar-refractivity contribution in [3.05, 3.63) is 56.8 Å². The molecule has 1 rings (SSSR count). The molecule has 6 nitrogen and oxygen atoms in total. The summed E-state index contributed by atoms with van der Waals surface area (Å²) >= 11 is 0. The van der Waals surface area contributed by atoms with Gasteiger partial charge in [-0.15, -0.1) is 13.2 Å². The van der Waals surface area contributed by atoms with Gasteiger partial charge in [0.05, 0.1) is 22.6 Å². The third-order valence-corrected chi connectivity index (χ3v) is 6.51. The number of nitrogens with zero attached hydrogens (tertiary/aromatic N) is 3. The molecule has 7 heteroatoms. The van der Waals surface area contributed by atoms with Gasteiger partial charge < -0.3 is 0 Å². The van der Waals surface area contributed by atoms with Crippen LogP contribution in [0.5, 0.6) is 0 Å². The molecule has 0 amide bonds. The molecule has 0 atom stereocenters. The number of unbranched alkanes of at least 4 members (excludes halogenated alkanes) is 4. The summed E-state index contributed by atoms with van der Waals surface area (Å²) in [5, 5.41) is 0. The average molecular weight is 406 g/mol. The molecule has 0 bridgehead atoms. The smallest absolute Gasteiger partial charge is 0.248 e. The molecule has 0 saturated heterocycles. The average Bonchev–Trinajstić information content (AvgIpc) is 2.68. The lowest BCUT2D eigenvalue weighted by molar-refractivity contribution is 0.505. The Kier molecular flexibility index (Phi) is 11.5. The van der Waals surface area contributed by atoms with E-state index < -0.39 is 17.1 Å². The Balaban J connectivity index is 3.10. The van der Waals surface area contributed by atoms with Gasteiger partial charge in [-0.1, -0.05) is 77.4 Å². The maximum atomic E-state index is 12.7. The molecule has 0 N–H and O–H groups in total. The lowest BCUT2D eigenvalue weighted by Crippen LogP contribution is -2.54. The minimum Gasteiger partial charge on any atom is -0.248 e. The lowest BCUT2D eigenvalue weighted by Gasteiger charge is -2.17. The van der Waals surface area contributed by atoms with Crippen LogP contribution in [0.1, 0.15) is 65.2 Å². The molecule has 0 unspecified atom stereocenters. The van der Waals surface area contributed by atoms with E-state index in [1.54, 1.807) is 0 Å². The largest absolute Gasteiger partial charge is 0.336 e. The first kappa shape index (κ1) is 24.1. The molecule has 0 saturated carbocycles. The van der Waals surface area contributed by atoms with E-state index in [0.717, 1.165) is 22.0 Å². The summed E-state index contributed by atoms with van der Waals surface area (Å²) in [7, 11) is 0.492. The van der Waals surface area contributed by atoms with Crippen molar-refractivity contribution < 1.29 is 0 Å². The Bertz CT molecular complexity index is 733. The fourth-order valence-electron chi connectivity index (χ4n) is 3.24. The van der Waals surface area contributed by atoms with E-state index in [2.05, 4.69) is 27.0 Å². The second-order valence-electron chi connectivity index (χ2n) is 7.13. The molecule has 0 aromatic carbocycles. The number of allylic oxidation sites excluding steroid dienone is 2. The third kappa shape index (κ3) is 6.93. The van der Waals surface area contributed by atoms with Gasteiger partial charge in [-0.05, 0) is 5.54 Å². The zero-order chi connectivity index (χ0) is 20.9. The molecular formula is C21H35N3O3Si. The highest BCUT2D eigenvalue weighted by Gasteiger charge is 2.16. The van der Waals surface area contributed by atoms with Gasteiger partial charge in [-0.25, -0.2) is 28.1 Å². The van der Waals surface area contributed by atoms with Crippen molar-refractivity contribution in [2.45, 2.75) is 90.0 Å². The van der Waals surface area contributed by atoms with Crippen LogP contribution in [0.15, 0.2) is 39.7 Å².